The van der Waals surface area contributed by atoms with Crippen LogP contribution in [0, 0.1) is 0 Å². The molecule has 104 valence electrons. The highest BCUT2D eigenvalue weighted by Crippen LogP contribution is 2.33. The van der Waals surface area contributed by atoms with Crippen LogP contribution >= 0.6 is 15.9 Å². The minimum absolute atomic E-state index is 0.0140. The molecule has 0 atom stereocenters. The van der Waals surface area contributed by atoms with Gasteiger partial charge in [0.1, 0.15) is 5.65 Å². The van der Waals surface area contributed by atoms with Gasteiger partial charge in [0.15, 0.2) is 0 Å². The predicted octanol–water partition coefficient (Wildman–Crippen LogP) is 4.35. The third-order valence-electron chi connectivity index (χ3n) is 4.22. The number of hydrogen-bond donors (Lipinski definition) is 0. The number of rotatable bonds is 0. The summed E-state index contributed by atoms with van der Waals surface area (Å²) >= 11 is 3.57. The van der Waals surface area contributed by atoms with Crippen molar-refractivity contribution in [2.24, 2.45) is 0 Å². The van der Waals surface area contributed by atoms with Gasteiger partial charge in [0, 0.05) is 20.6 Å². The summed E-state index contributed by atoms with van der Waals surface area (Å²) in [7, 11) is 0. The van der Waals surface area contributed by atoms with E-state index in [2.05, 4.69) is 20.9 Å². The molecule has 2 aromatic heterocycles. The number of pyridine rings is 1. The first-order chi connectivity index (χ1) is 10.8. The van der Waals surface area contributed by atoms with Crippen molar-refractivity contribution in [3.63, 3.8) is 0 Å². The average Bonchev–Trinajstić information content (AvgIpc) is 2.94. The first kappa shape index (κ1) is 12.1. The molecule has 3 aromatic carbocycles. The summed E-state index contributed by atoms with van der Waals surface area (Å²) in [5.41, 5.74) is 2.41. The fraction of sp³-hybridized carbons (Fsp3) is 0. The van der Waals surface area contributed by atoms with Gasteiger partial charge in [0.25, 0.3) is 5.56 Å². The van der Waals surface area contributed by atoms with Gasteiger partial charge < -0.3 is 0 Å². The van der Waals surface area contributed by atoms with Crippen molar-refractivity contribution in [1.29, 1.82) is 0 Å². The molecule has 5 aromatic rings. The van der Waals surface area contributed by atoms with Gasteiger partial charge in [0.2, 0.25) is 0 Å². The van der Waals surface area contributed by atoms with Crippen molar-refractivity contribution >= 4 is 54.2 Å². The Morgan fingerprint density at radius 3 is 2.59 bits per heavy atom. The van der Waals surface area contributed by atoms with E-state index in [4.69, 9.17) is 0 Å². The zero-order valence-corrected chi connectivity index (χ0v) is 13.0. The van der Waals surface area contributed by atoms with Crippen molar-refractivity contribution in [3.05, 3.63) is 69.4 Å². The van der Waals surface area contributed by atoms with Gasteiger partial charge in [-0.3, -0.25) is 9.20 Å². The van der Waals surface area contributed by atoms with Crippen LogP contribution in [-0.4, -0.2) is 9.38 Å². The molecule has 0 unspecified atom stereocenters. The smallest absolute Gasteiger partial charge is 0.264 e. The number of nitrogens with zero attached hydrogens (tertiary/aromatic N) is 2. The van der Waals surface area contributed by atoms with Crippen LogP contribution in [0.2, 0.25) is 0 Å². The Balaban J connectivity index is 2.25. The highest BCUT2D eigenvalue weighted by Gasteiger charge is 2.16. The highest BCUT2D eigenvalue weighted by molar-refractivity contribution is 9.10. The summed E-state index contributed by atoms with van der Waals surface area (Å²) in [6.07, 6.45) is 0. The molecule has 2 heterocycles. The molecule has 0 saturated heterocycles. The Bertz CT molecular complexity index is 1260. The Hall–Kier alpha value is -2.46. The third kappa shape index (κ3) is 1.35. The molecule has 0 aliphatic carbocycles. The Kier molecular flexibility index (Phi) is 2.23. The summed E-state index contributed by atoms with van der Waals surface area (Å²) in [5.74, 6) is 0. The number of benzene rings is 3. The molecule has 0 bridgehead atoms. The lowest BCUT2D eigenvalue weighted by molar-refractivity contribution is 1.19. The second-order valence-corrected chi connectivity index (χ2v) is 6.24. The minimum atomic E-state index is -0.0140. The number of halogens is 1. The molecule has 5 rings (SSSR count). The van der Waals surface area contributed by atoms with Crippen LogP contribution in [-0.2, 0) is 0 Å². The second-order valence-electron chi connectivity index (χ2n) is 5.39. The SMILES string of the molecule is O=c1c2ccc(Br)c3cccc(c32)c2nc3ccccc3n12. The molecular weight excluding hydrogens is 340 g/mol. The summed E-state index contributed by atoms with van der Waals surface area (Å²) in [6, 6.07) is 17.6. The van der Waals surface area contributed by atoms with Crippen LogP contribution in [0.3, 0.4) is 0 Å². The molecule has 4 heteroatoms. The summed E-state index contributed by atoms with van der Waals surface area (Å²) in [4.78, 5) is 17.7. The standard InChI is InChI=1S/C18H9BrN2O/c19-13-9-8-12-16-10(13)4-3-5-11(16)17-20-14-6-1-2-7-15(14)21(17)18(12)22/h1-9H. The summed E-state index contributed by atoms with van der Waals surface area (Å²) in [5, 5.41) is 3.75. The largest absolute Gasteiger partial charge is 0.268 e. The van der Waals surface area contributed by atoms with E-state index in [1.165, 1.54) is 0 Å². The van der Waals surface area contributed by atoms with Crippen molar-refractivity contribution in [2.75, 3.05) is 0 Å². The molecule has 0 spiro atoms. The van der Waals surface area contributed by atoms with Crippen molar-refractivity contribution < 1.29 is 0 Å². The van der Waals surface area contributed by atoms with Crippen molar-refractivity contribution in [2.45, 2.75) is 0 Å². The van der Waals surface area contributed by atoms with Crippen LogP contribution < -0.4 is 5.56 Å². The zero-order chi connectivity index (χ0) is 14.8. The van der Waals surface area contributed by atoms with Gasteiger partial charge in [0.05, 0.1) is 11.0 Å². The predicted molar refractivity (Wildman–Crippen MR) is 92.9 cm³/mol. The van der Waals surface area contributed by atoms with Gasteiger partial charge in [-0.05, 0) is 29.7 Å². The highest BCUT2D eigenvalue weighted by atomic mass is 79.9. The van der Waals surface area contributed by atoms with E-state index in [1.54, 1.807) is 4.40 Å². The van der Waals surface area contributed by atoms with Gasteiger partial charge in [-0.25, -0.2) is 4.98 Å². The molecule has 0 amide bonds. The number of para-hydroxylation sites is 2. The monoisotopic (exact) mass is 348 g/mol. The van der Waals surface area contributed by atoms with Gasteiger partial charge >= 0.3 is 0 Å². The average molecular weight is 349 g/mol. The molecular formula is C18H9BrN2O. The molecule has 3 nitrogen and oxygen atoms in total. The molecule has 22 heavy (non-hydrogen) atoms. The first-order valence-electron chi connectivity index (χ1n) is 6.99. The number of aromatic nitrogens is 2. The quantitative estimate of drug-likeness (QED) is 0.416. The molecule has 0 N–H and O–H groups in total. The Morgan fingerprint density at radius 1 is 0.864 bits per heavy atom. The van der Waals surface area contributed by atoms with E-state index in [0.29, 0.717) is 0 Å². The zero-order valence-electron chi connectivity index (χ0n) is 11.4. The molecule has 0 radical (unpaired) electrons. The van der Waals surface area contributed by atoms with Crippen LogP contribution in [0.5, 0.6) is 0 Å². The molecule has 0 fully saturated rings. The lowest BCUT2D eigenvalue weighted by Crippen LogP contribution is -2.13. The third-order valence-corrected chi connectivity index (χ3v) is 4.91. The second kappa shape index (κ2) is 4.05. The van der Waals surface area contributed by atoms with E-state index >= 15 is 0 Å². The molecule has 0 saturated carbocycles. The van der Waals surface area contributed by atoms with E-state index in [0.717, 1.165) is 42.7 Å². The van der Waals surface area contributed by atoms with E-state index < -0.39 is 0 Å². The van der Waals surface area contributed by atoms with E-state index in [1.807, 2.05) is 54.6 Å². The Morgan fingerprint density at radius 2 is 1.68 bits per heavy atom. The topological polar surface area (TPSA) is 34.4 Å². The minimum Gasteiger partial charge on any atom is -0.268 e. The number of hydrogen-bond acceptors (Lipinski definition) is 2. The maximum atomic E-state index is 13.0. The molecule has 0 aliphatic rings. The van der Waals surface area contributed by atoms with Gasteiger partial charge in [-0.1, -0.05) is 46.3 Å². The lowest BCUT2D eigenvalue weighted by Gasteiger charge is -2.08. The number of imidazole rings is 1. The summed E-state index contributed by atoms with van der Waals surface area (Å²) < 4.78 is 2.71. The molecule has 0 aliphatic heterocycles. The van der Waals surface area contributed by atoms with Crippen LogP contribution in [0.4, 0.5) is 0 Å². The van der Waals surface area contributed by atoms with Crippen LogP contribution in [0.15, 0.2) is 63.9 Å². The van der Waals surface area contributed by atoms with Crippen LogP contribution in [0.1, 0.15) is 0 Å². The normalized spacial score (nSPS) is 12.0. The van der Waals surface area contributed by atoms with E-state index in [9.17, 15) is 4.79 Å². The maximum absolute atomic E-state index is 13.0. The van der Waals surface area contributed by atoms with Crippen molar-refractivity contribution in [1.82, 2.24) is 9.38 Å². The van der Waals surface area contributed by atoms with Crippen molar-refractivity contribution in [3.8, 4) is 0 Å². The Labute approximate surface area is 133 Å². The fourth-order valence-corrected chi connectivity index (χ4v) is 3.73. The van der Waals surface area contributed by atoms with Gasteiger partial charge in [-0.2, -0.15) is 0 Å². The lowest BCUT2D eigenvalue weighted by atomic mass is 10.0. The fourth-order valence-electron chi connectivity index (χ4n) is 3.27. The summed E-state index contributed by atoms with van der Waals surface area (Å²) in [6.45, 7) is 0. The van der Waals surface area contributed by atoms with Gasteiger partial charge in [-0.15, -0.1) is 0 Å². The number of fused-ring (bicyclic) bond motifs is 4. The maximum Gasteiger partial charge on any atom is 0.264 e. The first-order valence-corrected chi connectivity index (χ1v) is 7.79. The van der Waals surface area contributed by atoms with E-state index in [-0.39, 0.29) is 5.56 Å². The van der Waals surface area contributed by atoms with Crippen LogP contribution in [0.25, 0.3) is 38.2 Å².